The highest BCUT2D eigenvalue weighted by Gasteiger charge is 2.47. The number of aliphatic hydroxyl groups excluding tert-OH is 1. The van der Waals surface area contributed by atoms with E-state index in [2.05, 4.69) is 31.8 Å². The van der Waals surface area contributed by atoms with Gasteiger partial charge in [0.05, 0.1) is 65.5 Å². The first-order valence-electron chi connectivity index (χ1n) is 18.0. The molecule has 4 aliphatic heterocycles. The maximum absolute atomic E-state index is 17.5. The minimum absolute atomic E-state index is 0.0500. The van der Waals surface area contributed by atoms with Gasteiger partial charge in [0.15, 0.2) is 11.6 Å². The van der Waals surface area contributed by atoms with Crippen LogP contribution in [0.3, 0.4) is 0 Å². The van der Waals surface area contributed by atoms with Crippen LogP contribution in [-0.2, 0) is 18.0 Å². The van der Waals surface area contributed by atoms with Crippen molar-refractivity contribution in [1.29, 1.82) is 10.5 Å². The number of anilines is 2. The normalized spacial score (nSPS) is 24.3. The minimum Gasteiger partial charge on any atom is -0.463 e. The van der Waals surface area contributed by atoms with Gasteiger partial charge < -0.3 is 30.1 Å². The second kappa shape index (κ2) is 12.7. The van der Waals surface area contributed by atoms with E-state index in [1.54, 1.807) is 6.92 Å². The van der Waals surface area contributed by atoms with Crippen molar-refractivity contribution in [2.75, 3.05) is 56.5 Å². The Bertz CT molecular complexity index is 2180. The number of fused-ring (bicyclic) bond motifs is 6. The molecule has 1 saturated carbocycles. The van der Waals surface area contributed by atoms with Gasteiger partial charge in [0.25, 0.3) is 0 Å². The van der Waals surface area contributed by atoms with Gasteiger partial charge in [-0.1, -0.05) is 0 Å². The van der Waals surface area contributed by atoms with Crippen molar-refractivity contribution in [3.63, 3.8) is 0 Å². The maximum atomic E-state index is 17.5. The number of likely N-dealkylation sites (tertiary alicyclic amines) is 2. The summed E-state index contributed by atoms with van der Waals surface area (Å²) in [5, 5.41) is 30.5. The van der Waals surface area contributed by atoms with E-state index in [1.807, 2.05) is 0 Å². The van der Waals surface area contributed by atoms with Gasteiger partial charge in [-0.25, -0.2) is 8.78 Å². The number of hydrogen-bond acceptors (Lipinski definition) is 13. The summed E-state index contributed by atoms with van der Waals surface area (Å²) in [4.78, 5) is 21.1. The number of aliphatic hydroxyl groups is 1. The smallest absolute Gasteiger partial charge is 0.319 e. The third-order valence-electron chi connectivity index (χ3n) is 11.6. The first-order valence-corrected chi connectivity index (χ1v) is 18.8. The summed E-state index contributed by atoms with van der Waals surface area (Å²) < 4.78 is 45.2. The Morgan fingerprint density at radius 2 is 1.87 bits per heavy atom. The molecule has 3 saturated heterocycles. The van der Waals surface area contributed by atoms with E-state index >= 15 is 8.78 Å². The standard InChI is InChI=1S/C37H39F2N9O3S/c1-19(49)11-47-13-21-2-3-22(14-47)48(21)35-29-25-16-50-15-24(25)27(31-28-23(9-41)34(42)52-33(28)26(38)10-43-31)30(39)32(29)44-36(45-35)51-18-37(5-6-37)17-46-7-4-20(8-40)12-46/h10,19-22,49H,2-7,11-18,42H2,1H3/t19-,20-,21?,22?/m1/s1. The van der Waals surface area contributed by atoms with Crippen molar-refractivity contribution >= 4 is 43.1 Å². The van der Waals surface area contributed by atoms with Crippen LogP contribution in [-0.4, -0.2) is 93.9 Å². The number of aromatic nitrogens is 3. The zero-order chi connectivity index (χ0) is 35.9. The Morgan fingerprint density at radius 3 is 2.56 bits per heavy atom. The number of thiophene rings is 1. The quantitative estimate of drug-likeness (QED) is 0.245. The van der Waals surface area contributed by atoms with E-state index in [4.69, 9.17) is 25.2 Å². The zero-order valence-electron chi connectivity index (χ0n) is 28.9. The van der Waals surface area contributed by atoms with Crippen LogP contribution in [0.2, 0.25) is 0 Å². The molecule has 52 heavy (non-hydrogen) atoms. The Hall–Kier alpha value is -4.25. The molecule has 5 aliphatic rings. The monoisotopic (exact) mass is 727 g/mol. The van der Waals surface area contributed by atoms with Crippen LogP contribution in [0.25, 0.3) is 32.2 Å². The number of nitrogens with zero attached hydrogens (tertiary/aromatic N) is 8. The lowest BCUT2D eigenvalue weighted by atomic mass is 9.93. The van der Waals surface area contributed by atoms with E-state index in [1.165, 1.54) is 0 Å². The molecule has 4 aromatic rings. The molecule has 270 valence electrons. The molecule has 1 aromatic carbocycles. The van der Waals surface area contributed by atoms with Gasteiger partial charge >= 0.3 is 6.01 Å². The van der Waals surface area contributed by atoms with Crippen LogP contribution >= 0.6 is 11.3 Å². The Morgan fingerprint density at radius 1 is 1.10 bits per heavy atom. The average Bonchev–Trinajstić information content (AvgIpc) is 3.46. The first-order chi connectivity index (χ1) is 25.2. The number of nitrogen functional groups attached to an aromatic ring is 1. The molecule has 2 bridgehead atoms. The molecule has 0 amide bonds. The highest BCUT2D eigenvalue weighted by molar-refractivity contribution is 7.23. The molecule has 7 heterocycles. The second-order valence-corrected chi connectivity index (χ2v) is 16.4. The van der Waals surface area contributed by atoms with E-state index in [0.717, 1.165) is 87.9 Å². The molecule has 9 rings (SSSR count). The van der Waals surface area contributed by atoms with Gasteiger partial charge in [0.2, 0.25) is 0 Å². The van der Waals surface area contributed by atoms with Crippen LogP contribution < -0.4 is 15.4 Å². The highest BCUT2D eigenvalue weighted by atomic mass is 32.1. The summed E-state index contributed by atoms with van der Waals surface area (Å²) in [7, 11) is 0. The second-order valence-electron chi connectivity index (χ2n) is 15.3. The lowest BCUT2D eigenvalue weighted by Gasteiger charge is -2.42. The van der Waals surface area contributed by atoms with Gasteiger partial charge in [-0.05, 0) is 56.7 Å². The number of ether oxygens (including phenoxy) is 2. The van der Waals surface area contributed by atoms with Crippen molar-refractivity contribution in [2.45, 2.75) is 70.4 Å². The van der Waals surface area contributed by atoms with E-state index in [-0.39, 0.29) is 80.1 Å². The van der Waals surface area contributed by atoms with Crippen LogP contribution in [0.1, 0.15) is 55.7 Å². The fraction of sp³-hybridized carbons (Fsp3) is 0.541. The SMILES string of the molecule is C[C@@H](O)CN1CC2CCC(C1)N2c1nc(OCC2(CN3CC[C@H](C#N)C3)CC2)nc2c(F)c(-c3ncc(F)c4sc(N)c(C#N)c34)c3c(c12)COC3. The molecule has 3 N–H and O–H groups in total. The average molecular weight is 728 g/mol. The number of pyridine rings is 1. The molecule has 4 atom stereocenters. The maximum Gasteiger partial charge on any atom is 0.319 e. The van der Waals surface area contributed by atoms with Gasteiger partial charge in [-0.15, -0.1) is 11.3 Å². The number of nitrogens with two attached hydrogens (primary N) is 1. The Balaban J connectivity index is 1.18. The molecule has 0 spiro atoms. The van der Waals surface area contributed by atoms with Crippen LogP contribution in [0, 0.1) is 45.6 Å². The predicted molar refractivity (Wildman–Crippen MR) is 190 cm³/mol. The van der Waals surface area contributed by atoms with E-state index in [9.17, 15) is 15.6 Å². The number of piperazine rings is 1. The third-order valence-corrected chi connectivity index (χ3v) is 12.6. The molecule has 1 aliphatic carbocycles. The van der Waals surface area contributed by atoms with Crippen LogP contribution in [0.5, 0.6) is 6.01 Å². The van der Waals surface area contributed by atoms with Gasteiger partial charge in [-0.2, -0.15) is 20.5 Å². The van der Waals surface area contributed by atoms with Gasteiger partial charge in [-0.3, -0.25) is 9.88 Å². The van der Waals surface area contributed by atoms with E-state index in [0.29, 0.717) is 29.9 Å². The number of halogens is 2. The predicted octanol–water partition coefficient (Wildman–Crippen LogP) is 4.71. The van der Waals surface area contributed by atoms with Crippen molar-refractivity contribution in [3.8, 4) is 29.4 Å². The van der Waals surface area contributed by atoms with Crippen LogP contribution in [0.15, 0.2) is 6.20 Å². The molecule has 0 radical (unpaired) electrons. The van der Waals surface area contributed by atoms with E-state index < -0.39 is 17.7 Å². The molecule has 12 nitrogen and oxygen atoms in total. The Kier molecular flexibility index (Phi) is 8.21. The summed E-state index contributed by atoms with van der Waals surface area (Å²) >= 11 is 0.939. The molecule has 15 heteroatoms. The number of nitriles is 2. The summed E-state index contributed by atoms with van der Waals surface area (Å²) in [5.41, 5.74) is 7.72. The molecule has 2 unspecified atom stereocenters. The van der Waals surface area contributed by atoms with Crippen molar-refractivity contribution in [3.05, 3.63) is 34.5 Å². The fourth-order valence-electron chi connectivity index (χ4n) is 9.04. The van der Waals surface area contributed by atoms with Crippen molar-refractivity contribution in [2.24, 2.45) is 11.3 Å². The topological polar surface area (TPSA) is 161 Å². The lowest BCUT2D eigenvalue weighted by molar-refractivity contribution is 0.111. The fourth-order valence-corrected chi connectivity index (χ4v) is 9.96. The number of hydrogen-bond donors (Lipinski definition) is 2. The largest absolute Gasteiger partial charge is 0.463 e. The van der Waals surface area contributed by atoms with Crippen LogP contribution in [0.4, 0.5) is 19.6 Å². The molecule has 3 aromatic heterocycles. The summed E-state index contributed by atoms with van der Waals surface area (Å²) in [6.07, 6.45) is 5.28. The lowest BCUT2D eigenvalue weighted by Crippen LogP contribution is -2.55. The zero-order valence-corrected chi connectivity index (χ0v) is 29.7. The van der Waals surface area contributed by atoms with Gasteiger partial charge in [0.1, 0.15) is 22.4 Å². The molecule has 4 fully saturated rings. The number of β-amino-alcohol motifs (C(OH)–C–C–N with tert-alkyl or cyclic N) is 1. The highest BCUT2D eigenvalue weighted by Crippen LogP contribution is 2.50. The molecular formula is C37H39F2N9O3S. The third kappa shape index (κ3) is 5.53. The summed E-state index contributed by atoms with van der Waals surface area (Å²) in [6.45, 7) is 6.96. The molecular weight excluding hydrogens is 689 g/mol. The number of benzene rings is 1. The minimum atomic E-state index is -0.664. The van der Waals surface area contributed by atoms with Crippen molar-refractivity contribution in [1.82, 2.24) is 24.8 Å². The first kappa shape index (κ1) is 33.6. The summed E-state index contributed by atoms with van der Waals surface area (Å²) in [5.74, 6) is -0.647. The Labute approximate surface area is 303 Å². The number of rotatable bonds is 9. The van der Waals surface area contributed by atoms with Gasteiger partial charge in [0, 0.05) is 61.2 Å². The van der Waals surface area contributed by atoms with Crippen molar-refractivity contribution < 1.29 is 23.4 Å². The summed E-state index contributed by atoms with van der Waals surface area (Å²) in [6, 6.07) is 4.73.